The molecule has 0 saturated heterocycles. The molecule has 0 unspecified atom stereocenters. The average molecular weight is 349 g/mol. The van der Waals surface area contributed by atoms with E-state index in [9.17, 15) is 10.1 Å². The van der Waals surface area contributed by atoms with E-state index >= 15 is 0 Å². The second-order valence-corrected chi connectivity index (χ2v) is 5.89. The summed E-state index contributed by atoms with van der Waals surface area (Å²) in [6.07, 6.45) is 0.617. The van der Waals surface area contributed by atoms with E-state index in [0.717, 1.165) is 26.9 Å². The molecular formula is C16H17BrN2O2. The summed E-state index contributed by atoms with van der Waals surface area (Å²) in [5.74, 6) is 0. The number of aryl methyl sites for hydroxylation is 2. The van der Waals surface area contributed by atoms with Gasteiger partial charge in [-0.3, -0.25) is 10.1 Å². The van der Waals surface area contributed by atoms with E-state index in [-0.39, 0.29) is 10.6 Å². The highest BCUT2D eigenvalue weighted by atomic mass is 79.9. The number of nitrogens with zero attached hydrogens (tertiary/aromatic N) is 1. The van der Waals surface area contributed by atoms with E-state index in [1.807, 2.05) is 19.9 Å². The van der Waals surface area contributed by atoms with Gasteiger partial charge in [-0.15, -0.1) is 0 Å². The van der Waals surface area contributed by atoms with Crippen LogP contribution in [0.3, 0.4) is 0 Å². The number of hydrogen-bond acceptors (Lipinski definition) is 3. The van der Waals surface area contributed by atoms with Gasteiger partial charge in [0.25, 0.3) is 5.69 Å². The molecule has 0 bridgehead atoms. The molecule has 0 saturated carbocycles. The highest BCUT2D eigenvalue weighted by molar-refractivity contribution is 9.10. The Morgan fingerprint density at radius 3 is 2.43 bits per heavy atom. The number of hydrogen-bond donors (Lipinski definition) is 1. The first kappa shape index (κ1) is 15.5. The van der Waals surface area contributed by atoms with Crippen LogP contribution < -0.4 is 5.32 Å². The third-order valence-corrected chi connectivity index (χ3v) is 3.84. The van der Waals surface area contributed by atoms with Gasteiger partial charge >= 0.3 is 0 Å². The van der Waals surface area contributed by atoms with Gasteiger partial charge in [0.15, 0.2) is 0 Å². The molecule has 0 heterocycles. The quantitative estimate of drug-likeness (QED) is 0.633. The Kier molecular flexibility index (Phi) is 4.96. The molecule has 0 atom stereocenters. The summed E-state index contributed by atoms with van der Waals surface area (Å²) in [5, 5.41) is 14.4. The van der Waals surface area contributed by atoms with E-state index in [4.69, 9.17) is 0 Å². The number of nitrogens with one attached hydrogen (secondary N) is 1. The van der Waals surface area contributed by atoms with Crippen molar-refractivity contribution in [1.82, 2.24) is 0 Å². The van der Waals surface area contributed by atoms with Crippen LogP contribution in [0.4, 0.5) is 11.4 Å². The van der Waals surface area contributed by atoms with Crippen molar-refractivity contribution in [2.75, 3.05) is 11.9 Å². The van der Waals surface area contributed by atoms with Crippen LogP contribution in [-0.4, -0.2) is 11.5 Å². The van der Waals surface area contributed by atoms with Crippen LogP contribution in [0.2, 0.25) is 0 Å². The third kappa shape index (κ3) is 3.82. The van der Waals surface area contributed by atoms with Crippen LogP contribution in [0.25, 0.3) is 0 Å². The molecule has 0 aliphatic carbocycles. The summed E-state index contributed by atoms with van der Waals surface area (Å²) in [6, 6.07) is 11.0. The predicted octanol–water partition coefficient (Wildman–Crippen LogP) is 4.63. The van der Waals surface area contributed by atoms with Crippen LogP contribution >= 0.6 is 15.9 Å². The maximum atomic E-state index is 11.0. The van der Waals surface area contributed by atoms with Crippen molar-refractivity contribution in [3.63, 3.8) is 0 Å². The fourth-order valence-electron chi connectivity index (χ4n) is 2.41. The summed E-state index contributed by atoms with van der Waals surface area (Å²) < 4.78 is 1.06. The van der Waals surface area contributed by atoms with Gasteiger partial charge in [-0.05, 0) is 43.5 Å². The number of anilines is 1. The van der Waals surface area contributed by atoms with Crippen molar-refractivity contribution in [1.29, 1.82) is 0 Å². The number of para-hydroxylation sites is 1. The van der Waals surface area contributed by atoms with Crippen LogP contribution in [0.5, 0.6) is 0 Å². The molecule has 0 amide bonds. The SMILES string of the molecule is Cc1cc(Br)cc(C)c1NCCc1ccccc1[N+](=O)[O-]. The second-order valence-electron chi connectivity index (χ2n) is 4.98. The highest BCUT2D eigenvalue weighted by Gasteiger charge is 2.12. The molecule has 4 nitrogen and oxygen atoms in total. The molecule has 0 aliphatic rings. The lowest BCUT2D eigenvalue weighted by Gasteiger charge is -2.13. The smallest absolute Gasteiger partial charge is 0.272 e. The minimum absolute atomic E-state index is 0.184. The molecule has 21 heavy (non-hydrogen) atoms. The van der Waals surface area contributed by atoms with Crippen LogP contribution in [0.15, 0.2) is 40.9 Å². The predicted molar refractivity (Wildman–Crippen MR) is 88.9 cm³/mol. The zero-order chi connectivity index (χ0) is 15.4. The largest absolute Gasteiger partial charge is 0.384 e. The standard InChI is InChI=1S/C16H17BrN2O2/c1-11-9-14(17)10-12(2)16(11)18-8-7-13-5-3-4-6-15(13)19(20)21/h3-6,9-10,18H,7-8H2,1-2H3. The minimum Gasteiger partial charge on any atom is -0.384 e. The van der Waals surface area contributed by atoms with E-state index in [1.165, 1.54) is 0 Å². The molecule has 0 aliphatic heterocycles. The Bertz CT molecular complexity index is 648. The lowest BCUT2D eigenvalue weighted by Crippen LogP contribution is -2.08. The number of nitro groups is 1. The fourth-order valence-corrected chi connectivity index (χ4v) is 3.10. The topological polar surface area (TPSA) is 55.2 Å². The van der Waals surface area contributed by atoms with Gasteiger partial charge in [-0.25, -0.2) is 0 Å². The molecular weight excluding hydrogens is 332 g/mol. The molecule has 110 valence electrons. The number of benzene rings is 2. The molecule has 2 rings (SSSR count). The first-order valence-corrected chi connectivity index (χ1v) is 7.51. The van der Waals surface area contributed by atoms with Crippen LogP contribution in [0, 0.1) is 24.0 Å². The first-order valence-electron chi connectivity index (χ1n) is 6.72. The molecule has 5 heteroatoms. The molecule has 0 spiro atoms. The Hall–Kier alpha value is -1.88. The summed E-state index contributed by atoms with van der Waals surface area (Å²) >= 11 is 3.47. The molecule has 0 fully saturated rings. The van der Waals surface area contributed by atoms with Gasteiger partial charge in [0.2, 0.25) is 0 Å². The number of halogens is 1. The summed E-state index contributed by atoms with van der Waals surface area (Å²) in [7, 11) is 0. The Balaban J connectivity index is 2.08. The zero-order valence-corrected chi connectivity index (χ0v) is 13.6. The average Bonchev–Trinajstić information content (AvgIpc) is 2.42. The number of rotatable bonds is 5. The molecule has 0 radical (unpaired) electrons. The van der Waals surface area contributed by atoms with Gasteiger partial charge in [0.1, 0.15) is 0 Å². The normalized spacial score (nSPS) is 10.4. The minimum atomic E-state index is -0.328. The molecule has 0 aromatic heterocycles. The van der Waals surface area contributed by atoms with Crippen LogP contribution in [0.1, 0.15) is 16.7 Å². The fraction of sp³-hybridized carbons (Fsp3) is 0.250. The van der Waals surface area contributed by atoms with Gasteiger partial charge in [-0.2, -0.15) is 0 Å². The van der Waals surface area contributed by atoms with Crippen molar-refractivity contribution in [2.45, 2.75) is 20.3 Å². The Labute approximate surface area is 132 Å². The van der Waals surface area contributed by atoms with Gasteiger partial charge in [0.05, 0.1) is 4.92 Å². The lowest BCUT2D eigenvalue weighted by molar-refractivity contribution is -0.385. The van der Waals surface area contributed by atoms with E-state index in [0.29, 0.717) is 13.0 Å². The van der Waals surface area contributed by atoms with E-state index in [1.54, 1.807) is 18.2 Å². The number of nitro benzene ring substituents is 1. The molecule has 2 aromatic carbocycles. The maximum Gasteiger partial charge on any atom is 0.272 e. The Morgan fingerprint density at radius 1 is 1.19 bits per heavy atom. The first-order chi connectivity index (χ1) is 9.99. The summed E-state index contributed by atoms with van der Waals surface area (Å²) in [6.45, 7) is 4.75. The maximum absolute atomic E-state index is 11.0. The molecule has 2 aromatic rings. The lowest BCUT2D eigenvalue weighted by atomic mass is 10.1. The zero-order valence-electron chi connectivity index (χ0n) is 12.0. The van der Waals surface area contributed by atoms with Crippen molar-refractivity contribution >= 4 is 27.3 Å². The van der Waals surface area contributed by atoms with Gasteiger partial charge in [-0.1, -0.05) is 34.1 Å². The monoisotopic (exact) mass is 348 g/mol. The van der Waals surface area contributed by atoms with E-state index in [2.05, 4.69) is 33.4 Å². The second kappa shape index (κ2) is 6.72. The third-order valence-electron chi connectivity index (χ3n) is 3.38. The summed E-state index contributed by atoms with van der Waals surface area (Å²) in [4.78, 5) is 10.7. The van der Waals surface area contributed by atoms with Gasteiger partial charge in [0, 0.05) is 28.3 Å². The van der Waals surface area contributed by atoms with Crippen molar-refractivity contribution < 1.29 is 4.92 Å². The van der Waals surface area contributed by atoms with Gasteiger partial charge < -0.3 is 5.32 Å². The van der Waals surface area contributed by atoms with Crippen LogP contribution in [-0.2, 0) is 6.42 Å². The van der Waals surface area contributed by atoms with Crippen molar-refractivity contribution in [3.8, 4) is 0 Å². The molecule has 1 N–H and O–H groups in total. The van der Waals surface area contributed by atoms with Crippen molar-refractivity contribution in [2.24, 2.45) is 0 Å². The highest BCUT2D eigenvalue weighted by Crippen LogP contribution is 2.25. The summed E-state index contributed by atoms with van der Waals surface area (Å²) in [5.41, 5.74) is 4.34. The Morgan fingerprint density at radius 2 is 1.81 bits per heavy atom. The van der Waals surface area contributed by atoms with E-state index < -0.39 is 0 Å². The van der Waals surface area contributed by atoms with Crippen molar-refractivity contribution in [3.05, 3.63) is 67.7 Å².